The van der Waals surface area contributed by atoms with Gasteiger partial charge < -0.3 is 20.2 Å². The number of imidazole rings is 1. The molecule has 3 rings (SSSR count). The number of amides is 1. The Hall–Kier alpha value is -2.57. The third kappa shape index (κ3) is 3.06. The van der Waals surface area contributed by atoms with Crippen LogP contribution in [0.3, 0.4) is 0 Å². The monoisotopic (exact) mass is 344 g/mol. The van der Waals surface area contributed by atoms with Gasteiger partial charge in [0.15, 0.2) is 0 Å². The van der Waals surface area contributed by atoms with Crippen LogP contribution >= 0.6 is 11.6 Å². The van der Waals surface area contributed by atoms with Crippen molar-refractivity contribution in [3.63, 3.8) is 0 Å². The molecule has 0 unspecified atom stereocenters. The maximum absolute atomic E-state index is 11.4. The summed E-state index contributed by atoms with van der Waals surface area (Å²) in [6, 6.07) is 7.31. The van der Waals surface area contributed by atoms with Crippen LogP contribution in [0.15, 0.2) is 36.7 Å². The van der Waals surface area contributed by atoms with Crippen molar-refractivity contribution < 1.29 is 9.53 Å². The molecule has 3 N–H and O–H groups in total. The van der Waals surface area contributed by atoms with Gasteiger partial charge in [-0.1, -0.05) is 11.6 Å². The minimum atomic E-state index is -0.246. The molecule has 2 heterocycles. The molecule has 0 aliphatic rings. The number of aryl methyl sites for hydroxylation is 1. The van der Waals surface area contributed by atoms with Crippen molar-refractivity contribution in [1.29, 1.82) is 0 Å². The Labute approximate surface area is 144 Å². The number of benzene rings is 1. The molecule has 6 nitrogen and oxygen atoms in total. The standard InChI is InChI=1S/C17H17ClN4O2/c1-10-5-15(24-2)13(18)7-12(10)14-9-22-4-3-11(6-16(22)21-14)20-17(23)8-19/h3-7,9H,8,19H2,1-2H3,(H,20,23). The van der Waals surface area contributed by atoms with Crippen LogP contribution in [0.4, 0.5) is 5.69 Å². The number of pyridine rings is 1. The van der Waals surface area contributed by atoms with Crippen molar-refractivity contribution in [1.82, 2.24) is 9.38 Å². The predicted octanol–water partition coefficient (Wildman–Crippen LogP) is 2.87. The molecular weight excluding hydrogens is 328 g/mol. The maximum atomic E-state index is 11.4. The van der Waals surface area contributed by atoms with Gasteiger partial charge in [-0.25, -0.2) is 4.98 Å². The molecule has 0 saturated carbocycles. The molecule has 0 aliphatic carbocycles. The molecule has 1 amide bonds. The van der Waals surface area contributed by atoms with Crippen LogP contribution in [0.2, 0.25) is 5.02 Å². The molecular formula is C17H17ClN4O2. The summed E-state index contributed by atoms with van der Waals surface area (Å²) < 4.78 is 7.11. The largest absolute Gasteiger partial charge is 0.495 e. The van der Waals surface area contributed by atoms with E-state index in [2.05, 4.69) is 10.3 Å². The Bertz CT molecular complexity index is 920. The smallest absolute Gasteiger partial charge is 0.238 e. The van der Waals surface area contributed by atoms with Crippen LogP contribution in [0, 0.1) is 6.92 Å². The molecule has 3 aromatic rings. The van der Waals surface area contributed by atoms with Crippen molar-refractivity contribution in [2.24, 2.45) is 5.73 Å². The Kier molecular flexibility index (Phi) is 4.42. The fraction of sp³-hybridized carbons (Fsp3) is 0.176. The lowest BCUT2D eigenvalue weighted by atomic mass is 10.1. The second-order valence-corrected chi connectivity index (χ2v) is 5.77. The SMILES string of the molecule is COc1cc(C)c(-c2cn3ccc(NC(=O)CN)cc3n2)cc1Cl. The number of rotatable bonds is 4. The summed E-state index contributed by atoms with van der Waals surface area (Å²) in [5, 5.41) is 3.25. The Morgan fingerprint density at radius 1 is 1.42 bits per heavy atom. The van der Waals surface area contributed by atoms with Gasteiger partial charge in [-0.05, 0) is 30.7 Å². The minimum Gasteiger partial charge on any atom is -0.495 e. The Balaban J connectivity index is 2.02. The first kappa shape index (κ1) is 16.3. The van der Waals surface area contributed by atoms with Crippen molar-refractivity contribution in [2.75, 3.05) is 19.0 Å². The highest BCUT2D eigenvalue weighted by Gasteiger charge is 2.12. The van der Waals surface area contributed by atoms with E-state index < -0.39 is 0 Å². The number of fused-ring (bicyclic) bond motifs is 1. The molecule has 7 heteroatoms. The van der Waals surface area contributed by atoms with E-state index in [1.54, 1.807) is 19.2 Å². The zero-order valence-electron chi connectivity index (χ0n) is 13.3. The first-order chi connectivity index (χ1) is 11.5. The number of carbonyl (C=O) groups is 1. The lowest BCUT2D eigenvalue weighted by Gasteiger charge is -2.08. The highest BCUT2D eigenvalue weighted by Crippen LogP contribution is 2.33. The van der Waals surface area contributed by atoms with Crippen LogP contribution in [0.1, 0.15) is 5.56 Å². The number of ether oxygens (including phenoxy) is 1. The number of carbonyl (C=O) groups excluding carboxylic acids is 1. The van der Waals surface area contributed by atoms with E-state index in [0.717, 1.165) is 16.8 Å². The molecule has 0 bridgehead atoms. The van der Waals surface area contributed by atoms with E-state index in [4.69, 9.17) is 22.1 Å². The number of nitrogens with two attached hydrogens (primary N) is 1. The van der Waals surface area contributed by atoms with Crippen LogP contribution in [0.5, 0.6) is 5.75 Å². The summed E-state index contributed by atoms with van der Waals surface area (Å²) in [5.41, 5.74) is 9.41. The molecule has 0 aliphatic heterocycles. The van der Waals surface area contributed by atoms with E-state index >= 15 is 0 Å². The zero-order chi connectivity index (χ0) is 17.3. The lowest BCUT2D eigenvalue weighted by molar-refractivity contribution is -0.114. The van der Waals surface area contributed by atoms with Gasteiger partial charge in [0.05, 0.1) is 24.4 Å². The van der Waals surface area contributed by atoms with E-state index in [-0.39, 0.29) is 12.5 Å². The molecule has 0 saturated heterocycles. The molecule has 0 spiro atoms. The summed E-state index contributed by atoms with van der Waals surface area (Å²) >= 11 is 6.23. The van der Waals surface area contributed by atoms with Crippen LogP contribution in [0.25, 0.3) is 16.9 Å². The van der Waals surface area contributed by atoms with Gasteiger partial charge in [0.2, 0.25) is 5.91 Å². The summed E-state index contributed by atoms with van der Waals surface area (Å²) in [5.74, 6) is 0.386. The third-order valence-electron chi connectivity index (χ3n) is 3.70. The number of halogens is 1. The number of hydrogen-bond acceptors (Lipinski definition) is 4. The third-order valence-corrected chi connectivity index (χ3v) is 4.00. The van der Waals surface area contributed by atoms with Gasteiger partial charge in [0, 0.05) is 29.7 Å². The summed E-state index contributed by atoms with van der Waals surface area (Å²) in [7, 11) is 1.59. The van der Waals surface area contributed by atoms with Crippen molar-refractivity contribution >= 4 is 28.8 Å². The normalized spacial score (nSPS) is 10.8. The molecule has 0 radical (unpaired) electrons. The van der Waals surface area contributed by atoms with Crippen LogP contribution < -0.4 is 15.8 Å². The molecule has 24 heavy (non-hydrogen) atoms. The number of nitrogens with zero attached hydrogens (tertiary/aromatic N) is 2. The van der Waals surface area contributed by atoms with Gasteiger partial charge in [0.1, 0.15) is 11.4 Å². The van der Waals surface area contributed by atoms with E-state index in [1.807, 2.05) is 35.9 Å². The number of methoxy groups -OCH3 is 1. The quantitative estimate of drug-likeness (QED) is 0.762. The van der Waals surface area contributed by atoms with Gasteiger partial charge in [0.25, 0.3) is 0 Å². The van der Waals surface area contributed by atoms with Gasteiger partial charge >= 0.3 is 0 Å². The van der Waals surface area contributed by atoms with Crippen molar-refractivity contribution in [3.8, 4) is 17.0 Å². The van der Waals surface area contributed by atoms with Crippen LogP contribution in [-0.4, -0.2) is 28.9 Å². The molecule has 1 aromatic carbocycles. The molecule has 0 fully saturated rings. The van der Waals surface area contributed by atoms with E-state index in [1.165, 1.54) is 0 Å². The number of hydrogen-bond donors (Lipinski definition) is 2. The second kappa shape index (κ2) is 6.51. The predicted molar refractivity (Wildman–Crippen MR) is 94.6 cm³/mol. The second-order valence-electron chi connectivity index (χ2n) is 5.36. The fourth-order valence-electron chi connectivity index (χ4n) is 2.49. The fourth-order valence-corrected chi connectivity index (χ4v) is 2.73. The molecule has 2 aromatic heterocycles. The molecule has 124 valence electrons. The van der Waals surface area contributed by atoms with E-state index in [0.29, 0.717) is 22.1 Å². The minimum absolute atomic E-state index is 0.0611. The van der Waals surface area contributed by atoms with Gasteiger partial charge in [-0.3, -0.25) is 4.79 Å². The molecule has 0 atom stereocenters. The highest BCUT2D eigenvalue weighted by atomic mass is 35.5. The Morgan fingerprint density at radius 3 is 2.92 bits per heavy atom. The van der Waals surface area contributed by atoms with Crippen molar-refractivity contribution in [2.45, 2.75) is 6.92 Å². The number of nitrogens with one attached hydrogen (secondary N) is 1. The lowest BCUT2D eigenvalue weighted by Crippen LogP contribution is -2.21. The highest BCUT2D eigenvalue weighted by molar-refractivity contribution is 6.32. The van der Waals surface area contributed by atoms with Crippen molar-refractivity contribution in [3.05, 3.63) is 47.2 Å². The zero-order valence-corrected chi connectivity index (χ0v) is 14.1. The number of anilines is 1. The summed E-state index contributed by atoms with van der Waals surface area (Å²) in [6.07, 6.45) is 3.74. The van der Waals surface area contributed by atoms with Gasteiger partial charge in [-0.15, -0.1) is 0 Å². The van der Waals surface area contributed by atoms with Gasteiger partial charge in [-0.2, -0.15) is 0 Å². The maximum Gasteiger partial charge on any atom is 0.238 e. The average Bonchev–Trinajstić information content (AvgIpc) is 2.99. The Morgan fingerprint density at radius 2 is 2.21 bits per heavy atom. The average molecular weight is 345 g/mol. The van der Waals surface area contributed by atoms with Crippen LogP contribution in [-0.2, 0) is 4.79 Å². The first-order valence-corrected chi connectivity index (χ1v) is 7.73. The number of aromatic nitrogens is 2. The summed E-state index contributed by atoms with van der Waals surface area (Å²) in [4.78, 5) is 16.0. The topological polar surface area (TPSA) is 81.7 Å². The van der Waals surface area contributed by atoms with E-state index in [9.17, 15) is 4.79 Å². The first-order valence-electron chi connectivity index (χ1n) is 7.35. The summed E-state index contributed by atoms with van der Waals surface area (Å²) in [6.45, 7) is 1.92.